The number of nitrogens with zero attached hydrogens (tertiary/aromatic N) is 1. The third-order valence-electron chi connectivity index (χ3n) is 2.54. The number of rotatable bonds is 5. The molecule has 0 aliphatic carbocycles. The van der Waals surface area contributed by atoms with E-state index in [1.807, 2.05) is 30.3 Å². The first-order valence-electron chi connectivity index (χ1n) is 5.38. The van der Waals surface area contributed by atoms with Crippen molar-refractivity contribution in [3.05, 3.63) is 35.9 Å². The lowest BCUT2D eigenvalue weighted by Gasteiger charge is -2.20. The summed E-state index contributed by atoms with van der Waals surface area (Å²) in [6, 6.07) is 8.82. The van der Waals surface area contributed by atoms with Gasteiger partial charge in [0, 0.05) is 6.42 Å². The van der Waals surface area contributed by atoms with Crippen LogP contribution in [0.25, 0.3) is 0 Å². The maximum atomic E-state index is 11.3. The predicted octanol–water partition coefficient (Wildman–Crippen LogP) is 0.892. The lowest BCUT2D eigenvalue weighted by molar-refractivity contribution is -0.195. The van der Waals surface area contributed by atoms with Crippen molar-refractivity contribution in [2.45, 2.75) is 19.1 Å². The molecule has 90 valence electrons. The van der Waals surface area contributed by atoms with E-state index in [1.165, 1.54) is 0 Å². The largest absolute Gasteiger partial charge is 0.464 e. The summed E-state index contributed by atoms with van der Waals surface area (Å²) < 4.78 is 4.78. The minimum Gasteiger partial charge on any atom is -0.464 e. The fourth-order valence-corrected chi connectivity index (χ4v) is 1.63. The van der Waals surface area contributed by atoms with Crippen LogP contribution in [-0.2, 0) is 25.8 Å². The van der Waals surface area contributed by atoms with Gasteiger partial charge in [0.25, 0.3) is 0 Å². The average Bonchev–Trinajstić information content (AvgIpc) is 2.78. The number of hydrogen-bond donors (Lipinski definition) is 0. The molecular weight excluding hydrogens is 222 g/mol. The molecule has 2 rings (SSSR count). The monoisotopic (exact) mass is 235 g/mol. The predicted molar refractivity (Wildman–Crippen MR) is 58.5 cm³/mol. The average molecular weight is 235 g/mol. The van der Waals surface area contributed by atoms with Gasteiger partial charge in [0.2, 0.25) is 6.41 Å². The SMILES string of the molecule is O=CN(OCc1ccccc1)C1CCOC1=O. The van der Waals surface area contributed by atoms with E-state index in [4.69, 9.17) is 9.57 Å². The summed E-state index contributed by atoms with van der Waals surface area (Å²) in [7, 11) is 0. The maximum absolute atomic E-state index is 11.3. The number of carbonyl (C=O) groups excluding carboxylic acids is 2. The van der Waals surface area contributed by atoms with Gasteiger partial charge >= 0.3 is 5.97 Å². The fourth-order valence-electron chi connectivity index (χ4n) is 1.63. The standard InChI is InChI=1S/C12H13NO4/c14-9-13(11-6-7-16-12(11)15)17-8-10-4-2-1-3-5-10/h1-5,9,11H,6-8H2. The normalized spacial score (nSPS) is 18.8. The van der Waals surface area contributed by atoms with Gasteiger partial charge in [-0.1, -0.05) is 30.3 Å². The van der Waals surface area contributed by atoms with Crippen LogP contribution >= 0.6 is 0 Å². The topological polar surface area (TPSA) is 55.8 Å². The van der Waals surface area contributed by atoms with Gasteiger partial charge in [-0.15, -0.1) is 0 Å². The Morgan fingerprint density at radius 3 is 2.76 bits per heavy atom. The highest BCUT2D eigenvalue weighted by Gasteiger charge is 2.32. The lowest BCUT2D eigenvalue weighted by atomic mass is 10.2. The molecule has 1 heterocycles. The van der Waals surface area contributed by atoms with Gasteiger partial charge in [0.15, 0.2) is 6.04 Å². The van der Waals surface area contributed by atoms with E-state index in [-0.39, 0.29) is 6.61 Å². The molecule has 1 saturated heterocycles. The zero-order valence-electron chi connectivity index (χ0n) is 9.24. The second kappa shape index (κ2) is 5.45. The molecule has 1 aliphatic rings. The summed E-state index contributed by atoms with van der Waals surface area (Å²) in [6.45, 7) is 0.589. The molecule has 1 aliphatic heterocycles. The first kappa shape index (κ1) is 11.6. The van der Waals surface area contributed by atoms with Crippen LogP contribution in [-0.4, -0.2) is 30.1 Å². The highest BCUT2D eigenvalue weighted by Crippen LogP contribution is 2.14. The molecular formula is C12H13NO4. The summed E-state index contributed by atoms with van der Waals surface area (Å²) in [5.41, 5.74) is 0.936. The van der Waals surface area contributed by atoms with Gasteiger partial charge in [0.1, 0.15) is 6.61 Å². The Balaban J connectivity index is 1.92. The van der Waals surface area contributed by atoms with Gasteiger partial charge < -0.3 is 4.74 Å². The molecule has 5 heteroatoms. The van der Waals surface area contributed by atoms with Crippen molar-refractivity contribution in [3.63, 3.8) is 0 Å². The molecule has 1 atom stereocenters. The summed E-state index contributed by atoms with van der Waals surface area (Å²) >= 11 is 0. The Bertz CT molecular complexity index is 393. The zero-order valence-corrected chi connectivity index (χ0v) is 9.24. The Morgan fingerprint density at radius 2 is 2.18 bits per heavy atom. The number of hydroxylamine groups is 2. The van der Waals surface area contributed by atoms with Crippen LogP contribution in [0.1, 0.15) is 12.0 Å². The van der Waals surface area contributed by atoms with Gasteiger partial charge in [-0.3, -0.25) is 9.63 Å². The van der Waals surface area contributed by atoms with E-state index in [9.17, 15) is 9.59 Å². The smallest absolute Gasteiger partial charge is 0.331 e. The maximum Gasteiger partial charge on any atom is 0.331 e. The highest BCUT2D eigenvalue weighted by atomic mass is 16.7. The molecule has 1 amide bonds. The van der Waals surface area contributed by atoms with E-state index in [1.54, 1.807) is 0 Å². The van der Waals surface area contributed by atoms with Crippen LogP contribution in [0.15, 0.2) is 30.3 Å². The number of benzene rings is 1. The van der Waals surface area contributed by atoms with Crippen molar-refractivity contribution in [3.8, 4) is 0 Å². The molecule has 0 aromatic heterocycles. The molecule has 0 saturated carbocycles. The number of carbonyl (C=O) groups is 2. The van der Waals surface area contributed by atoms with Crippen molar-refractivity contribution >= 4 is 12.4 Å². The van der Waals surface area contributed by atoms with E-state index >= 15 is 0 Å². The van der Waals surface area contributed by atoms with E-state index in [2.05, 4.69) is 0 Å². The van der Waals surface area contributed by atoms with Gasteiger partial charge in [-0.05, 0) is 5.56 Å². The van der Waals surface area contributed by atoms with Crippen molar-refractivity contribution in [1.29, 1.82) is 0 Å². The molecule has 0 N–H and O–H groups in total. The second-order valence-corrected chi connectivity index (χ2v) is 3.70. The Morgan fingerprint density at radius 1 is 1.41 bits per heavy atom. The number of esters is 1. The van der Waals surface area contributed by atoms with Crippen LogP contribution in [0.4, 0.5) is 0 Å². The first-order valence-corrected chi connectivity index (χ1v) is 5.38. The van der Waals surface area contributed by atoms with E-state index in [0.29, 0.717) is 19.4 Å². The zero-order chi connectivity index (χ0) is 12.1. The number of ether oxygens (including phenoxy) is 1. The van der Waals surface area contributed by atoms with Gasteiger partial charge in [0.05, 0.1) is 6.61 Å². The van der Waals surface area contributed by atoms with Crippen LogP contribution < -0.4 is 0 Å². The minimum absolute atomic E-state index is 0.253. The van der Waals surface area contributed by atoms with Crippen LogP contribution in [0.2, 0.25) is 0 Å². The Kier molecular flexibility index (Phi) is 3.72. The first-order chi connectivity index (χ1) is 8.31. The van der Waals surface area contributed by atoms with Crippen LogP contribution in [0.5, 0.6) is 0 Å². The minimum atomic E-state index is -0.615. The summed E-state index contributed by atoms with van der Waals surface area (Å²) in [5.74, 6) is -0.412. The van der Waals surface area contributed by atoms with E-state index < -0.39 is 12.0 Å². The van der Waals surface area contributed by atoms with E-state index in [0.717, 1.165) is 10.6 Å². The van der Waals surface area contributed by atoms with Gasteiger partial charge in [-0.2, -0.15) is 0 Å². The summed E-state index contributed by atoms with van der Waals surface area (Å²) in [6.07, 6.45) is 0.993. The molecule has 1 unspecified atom stereocenters. The van der Waals surface area contributed by atoms with Crippen LogP contribution in [0, 0.1) is 0 Å². The molecule has 1 aromatic rings. The Hall–Kier alpha value is -1.88. The summed E-state index contributed by atoms with van der Waals surface area (Å²) in [5, 5.41) is 1.03. The summed E-state index contributed by atoms with van der Waals surface area (Å²) in [4.78, 5) is 27.4. The fraction of sp³-hybridized carbons (Fsp3) is 0.333. The number of amides is 1. The number of hydrogen-bond acceptors (Lipinski definition) is 4. The quantitative estimate of drug-likeness (QED) is 0.432. The van der Waals surface area contributed by atoms with Gasteiger partial charge in [-0.25, -0.2) is 9.86 Å². The molecule has 0 spiro atoms. The van der Waals surface area contributed by atoms with Crippen molar-refractivity contribution in [2.75, 3.05) is 6.61 Å². The van der Waals surface area contributed by atoms with Crippen molar-refractivity contribution < 1.29 is 19.2 Å². The molecule has 0 radical (unpaired) electrons. The Labute approximate surface area is 98.9 Å². The van der Waals surface area contributed by atoms with Crippen molar-refractivity contribution in [2.24, 2.45) is 0 Å². The molecule has 1 fully saturated rings. The molecule has 5 nitrogen and oxygen atoms in total. The third-order valence-corrected chi connectivity index (χ3v) is 2.54. The van der Waals surface area contributed by atoms with Crippen molar-refractivity contribution in [1.82, 2.24) is 5.06 Å². The van der Waals surface area contributed by atoms with Crippen LogP contribution in [0.3, 0.4) is 0 Å². The molecule has 0 bridgehead atoms. The second-order valence-electron chi connectivity index (χ2n) is 3.70. The molecule has 1 aromatic carbocycles. The lowest BCUT2D eigenvalue weighted by Crippen LogP contribution is -2.37. The number of cyclic esters (lactones) is 1. The highest BCUT2D eigenvalue weighted by molar-refractivity contribution is 5.79. The molecule has 17 heavy (non-hydrogen) atoms. The third kappa shape index (κ3) is 2.82.